The Kier molecular flexibility index (Phi) is 3.65. The third kappa shape index (κ3) is 2.58. The van der Waals surface area contributed by atoms with Gasteiger partial charge in [0.1, 0.15) is 28.9 Å². The first kappa shape index (κ1) is 16.5. The average molecular weight is 348 g/mol. The van der Waals surface area contributed by atoms with E-state index in [1.165, 1.54) is 6.26 Å². The molecule has 0 saturated carbocycles. The molecule has 0 spiro atoms. The fraction of sp³-hybridized carbons (Fsp3) is 0.227. The van der Waals surface area contributed by atoms with Gasteiger partial charge in [0.2, 0.25) is 5.43 Å². The van der Waals surface area contributed by atoms with Crippen LogP contribution in [0, 0.1) is 6.92 Å². The van der Waals surface area contributed by atoms with E-state index in [4.69, 9.17) is 13.9 Å². The zero-order valence-electron chi connectivity index (χ0n) is 15.3. The van der Waals surface area contributed by atoms with Crippen LogP contribution in [0.5, 0.6) is 11.5 Å². The molecule has 2 aromatic carbocycles. The maximum atomic E-state index is 13.1. The van der Waals surface area contributed by atoms with E-state index in [1.54, 1.807) is 13.2 Å². The summed E-state index contributed by atoms with van der Waals surface area (Å²) in [6, 6.07) is 9.27. The van der Waals surface area contributed by atoms with E-state index < -0.39 is 0 Å². The normalized spacial score (nSPS) is 14.8. The fourth-order valence-corrected chi connectivity index (χ4v) is 3.30. The van der Waals surface area contributed by atoms with E-state index in [9.17, 15) is 4.79 Å². The standard InChI is InChI=1S/C22H20O4/c1-13-11-14(5-7-18(13)24-4)17-12-25-21-15-9-10-22(2,3)26-19(15)8-6-16(21)20(17)23/h5-12H,1-4H3. The van der Waals surface area contributed by atoms with Crippen molar-refractivity contribution in [3.8, 4) is 22.6 Å². The highest BCUT2D eigenvalue weighted by Gasteiger charge is 2.24. The van der Waals surface area contributed by atoms with Crippen LogP contribution < -0.4 is 14.9 Å². The van der Waals surface area contributed by atoms with Gasteiger partial charge >= 0.3 is 0 Å². The molecule has 2 heterocycles. The predicted octanol–water partition coefficient (Wildman–Crippen LogP) is 4.96. The fourth-order valence-electron chi connectivity index (χ4n) is 3.30. The Bertz CT molecular complexity index is 1100. The quantitative estimate of drug-likeness (QED) is 0.657. The lowest BCUT2D eigenvalue weighted by molar-refractivity contribution is 0.159. The SMILES string of the molecule is COc1ccc(-c2coc3c4c(ccc3c2=O)OC(C)(C)C=C4)cc1C. The lowest BCUT2D eigenvalue weighted by Crippen LogP contribution is -2.27. The van der Waals surface area contributed by atoms with Crippen LogP contribution in [0.1, 0.15) is 25.0 Å². The second-order valence-electron chi connectivity index (χ2n) is 7.06. The summed E-state index contributed by atoms with van der Waals surface area (Å²) in [4.78, 5) is 13.1. The molecular formula is C22H20O4. The summed E-state index contributed by atoms with van der Waals surface area (Å²) in [7, 11) is 1.63. The van der Waals surface area contributed by atoms with E-state index >= 15 is 0 Å². The number of aryl methyl sites for hydroxylation is 1. The Labute approximate surface area is 151 Å². The maximum absolute atomic E-state index is 13.1. The highest BCUT2D eigenvalue weighted by Crippen LogP contribution is 2.36. The highest BCUT2D eigenvalue weighted by atomic mass is 16.5. The van der Waals surface area contributed by atoms with Crippen molar-refractivity contribution in [2.24, 2.45) is 0 Å². The van der Waals surface area contributed by atoms with Crippen LogP contribution in [-0.2, 0) is 0 Å². The molecular weight excluding hydrogens is 328 g/mol. The Morgan fingerprint density at radius 3 is 2.65 bits per heavy atom. The van der Waals surface area contributed by atoms with Gasteiger partial charge in [0.05, 0.1) is 23.6 Å². The minimum absolute atomic E-state index is 0.0585. The molecule has 4 nitrogen and oxygen atoms in total. The van der Waals surface area contributed by atoms with Gasteiger partial charge in [-0.15, -0.1) is 0 Å². The van der Waals surface area contributed by atoms with Gasteiger partial charge in [0.25, 0.3) is 0 Å². The zero-order valence-corrected chi connectivity index (χ0v) is 15.3. The van der Waals surface area contributed by atoms with Crippen molar-refractivity contribution in [2.75, 3.05) is 7.11 Å². The van der Waals surface area contributed by atoms with Crippen LogP contribution in [0.15, 0.2) is 51.9 Å². The van der Waals surface area contributed by atoms with Gasteiger partial charge in [-0.05, 0) is 68.3 Å². The molecule has 1 aliphatic rings. The first-order valence-corrected chi connectivity index (χ1v) is 8.51. The monoisotopic (exact) mass is 348 g/mol. The molecule has 0 atom stereocenters. The Balaban J connectivity index is 1.89. The van der Waals surface area contributed by atoms with Crippen LogP contribution in [0.3, 0.4) is 0 Å². The number of rotatable bonds is 2. The maximum Gasteiger partial charge on any atom is 0.200 e. The van der Waals surface area contributed by atoms with Crippen LogP contribution in [0.4, 0.5) is 0 Å². The van der Waals surface area contributed by atoms with Crippen molar-refractivity contribution in [1.29, 1.82) is 0 Å². The molecule has 3 aromatic rings. The van der Waals surface area contributed by atoms with Gasteiger partial charge in [-0.1, -0.05) is 6.07 Å². The molecule has 26 heavy (non-hydrogen) atoms. The van der Waals surface area contributed by atoms with Crippen molar-refractivity contribution in [2.45, 2.75) is 26.4 Å². The van der Waals surface area contributed by atoms with E-state index in [2.05, 4.69) is 0 Å². The van der Waals surface area contributed by atoms with Crippen LogP contribution in [0.2, 0.25) is 0 Å². The smallest absolute Gasteiger partial charge is 0.200 e. The molecule has 0 unspecified atom stereocenters. The molecule has 1 aromatic heterocycles. The third-order valence-corrected chi connectivity index (χ3v) is 4.67. The zero-order chi connectivity index (χ0) is 18.5. The first-order chi connectivity index (χ1) is 12.4. The van der Waals surface area contributed by atoms with Crippen LogP contribution in [0.25, 0.3) is 28.2 Å². The Hall–Kier alpha value is -3.01. The second-order valence-corrected chi connectivity index (χ2v) is 7.06. The molecule has 0 bridgehead atoms. The number of hydrogen-bond acceptors (Lipinski definition) is 4. The number of fused-ring (bicyclic) bond motifs is 3. The molecule has 0 fully saturated rings. The Morgan fingerprint density at radius 2 is 1.92 bits per heavy atom. The van der Waals surface area contributed by atoms with E-state index in [0.29, 0.717) is 16.5 Å². The molecule has 0 amide bonds. The molecule has 0 radical (unpaired) electrons. The minimum atomic E-state index is -0.373. The van der Waals surface area contributed by atoms with Crippen molar-refractivity contribution in [3.05, 3.63) is 64.0 Å². The molecule has 4 rings (SSSR count). The van der Waals surface area contributed by atoms with Gasteiger partial charge < -0.3 is 13.9 Å². The van der Waals surface area contributed by atoms with E-state index in [1.807, 2.05) is 57.2 Å². The molecule has 0 saturated heterocycles. The van der Waals surface area contributed by atoms with Crippen molar-refractivity contribution >= 4 is 17.0 Å². The minimum Gasteiger partial charge on any atom is -0.496 e. The van der Waals surface area contributed by atoms with E-state index in [0.717, 1.165) is 28.2 Å². The third-order valence-electron chi connectivity index (χ3n) is 4.67. The van der Waals surface area contributed by atoms with E-state index in [-0.39, 0.29) is 11.0 Å². The lowest BCUT2D eigenvalue weighted by atomic mass is 9.98. The molecule has 132 valence electrons. The second kappa shape index (κ2) is 5.77. The largest absolute Gasteiger partial charge is 0.496 e. The lowest BCUT2D eigenvalue weighted by Gasteiger charge is -2.27. The summed E-state index contributed by atoms with van der Waals surface area (Å²) < 4.78 is 17.1. The van der Waals surface area contributed by atoms with Crippen LogP contribution in [-0.4, -0.2) is 12.7 Å². The number of hydrogen-bond donors (Lipinski definition) is 0. The Morgan fingerprint density at radius 1 is 1.12 bits per heavy atom. The molecule has 0 N–H and O–H groups in total. The summed E-state index contributed by atoms with van der Waals surface area (Å²) >= 11 is 0. The molecule has 4 heteroatoms. The predicted molar refractivity (Wildman–Crippen MR) is 103 cm³/mol. The van der Waals surface area contributed by atoms with Crippen LogP contribution >= 0.6 is 0 Å². The summed E-state index contributed by atoms with van der Waals surface area (Å²) in [5.74, 6) is 1.51. The molecule has 1 aliphatic heterocycles. The van der Waals surface area contributed by atoms with Gasteiger partial charge in [0.15, 0.2) is 0 Å². The summed E-state index contributed by atoms with van der Waals surface area (Å²) in [6.07, 6.45) is 5.45. The summed E-state index contributed by atoms with van der Waals surface area (Å²) in [6.45, 7) is 5.93. The van der Waals surface area contributed by atoms with Gasteiger partial charge in [-0.3, -0.25) is 4.79 Å². The molecule has 0 aliphatic carbocycles. The topological polar surface area (TPSA) is 48.7 Å². The van der Waals surface area contributed by atoms with Crippen molar-refractivity contribution < 1.29 is 13.9 Å². The number of benzene rings is 2. The summed E-state index contributed by atoms with van der Waals surface area (Å²) in [5, 5.41) is 0.544. The highest BCUT2D eigenvalue weighted by molar-refractivity contribution is 5.91. The number of ether oxygens (including phenoxy) is 2. The van der Waals surface area contributed by atoms with Gasteiger partial charge in [0, 0.05) is 0 Å². The first-order valence-electron chi connectivity index (χ1n) is 8.51. The van der Waals surface area contributed by atoms with Crippen molar-refractivity contribution in [1.82, 2.24) is 0 Å². The average Bonchev–Trinajstić information content (AvgIpc) is 2.60. The van der Waals surface area contributed by atoms with Gasteiger partial charge in [-0.25, -0.2) is 0 Å². The van der Waals surface area contributed by atoms with Crippen molar-refractivity contribution in [3.63, 3.8) is 0 Å². The number of methoxy groups -OCH3 is 1. The van der Waals surface area contributed by atoms with Gasteiger partial charge in [-0.2, -0.15) is 0 Å². The summed E-state index contributed by atoms with van der Waals surface area (Å²) in [5.41, 5.74) is 3.23.